The fourth-order valence-corrected chi connectivity index (χ4v) is 3.74. The van der Waals surface area contributed by atoms with E-state index in [0.717, 1.165) is 5.56 Å². The maximum atomic E-state index is 12.4. The molecule has 0 fully saturated rings. The molecule has 0 saturated heterocycles. The third kappa shape index (κ3) is 5.16. The average molecular weight is 433 g/mol. The Balaban J connectivity index is 1.72. The Morgan fingerprint density at radius 1 is 1.17 bits per heavy atom. The summed E-state index contributed by atoms with van der Waals surface area (Å²) in [6.07, 6.45) is 1.36. The van der Waals surface area contributed by atoms with Crippen molar-refractivity contribution in [3.63, 3.8) is 0 Å². The summed E-state index contributed by atoms with van der Waals surface area (Å²) in [5.41, 5.74) is 2.25. The number of aromatic nitrogens is 2. The molecular formula is C20H21ClN4O3S. The first-order chi connectivity index (χ1) is 13.9. The SMILES string of the molecule is CCOc1ccc(S(=O)(=O)NN=Cc2c(C)nn(Cc3ccccc3)c2Cl)cc1. The fraction of sp³-hybridized carbons (Fsp3) is 0.200. The van der Waals surface area contributed by atoms with Gasteiger partial charge in [-0.25, -0.2) is 9.51 Å². The minimum absolute atomic E-state index is 0.0840. The highest BCUT2D eigenvalue weighted by atomic mass is 35.5. The first-order valence-electron chi connectivity index (χ1n) is 8.95. The van der Waals surface area contributed by atoms with E-state index >= 15 is 0 Å². The van der Waals surface area contributed by atoms with Crippen molar-refractivity contribution in [3.05, 3.63) is 76.6 Å². The van der Waals surface area contributed by atoms with E-state index in [1.165, 1.54) is 18.3 Å². The smallest absolute Gasteiger partial charge is 0.276 e. The second kappa shape index (κ2) is 9.11. The van der Waals surface area contributed by atoms with Crippen molar-refractivity contribution in [3.8, 4) is 5.75 Å². The van der Waals surface area contributed by atoms with Gasteiger partial charge in [-0.3, -0.25) is 0 Å². The zero-order valence-electron chi connectivity index (χ0n) is 16.0. The number of hydrazone groups is 1. The van der Waals surface area contributed by atoms with Gasteiger partial charge in [0.15, 0.2) is 0 Å². The largest absolute Gasteiger partial charge is 0.494 e. The molecule has 152 valence electrons. The van der Waals surface area contributed by atoms with E-state index in [-0.39, 0.29) is 4.90 Å². The number of hydrogen-bond acceptors (Lipinski definition) is 5. The lowest BCUT2D eigenvalue weighted by atomic mass is 10.2. The molecule has 3 rings (SSSR count). The number of hydrogen-bond donors (Lipinski definition) is 1. The summed E-state index contributed by atoms with van der Waals surface area (Å²) < 4.78 is 31.7. The Morgan fingerprint density at radius 2 is 1.86 bits per heavy atom. The molecule has 1 aromatic heterocycles. The molecule has 0 aliphatic rings. The van der Waals surface area contributed by atoms with Crippen molar-refractivity contribution in [2.24, 2.45) is 5.10 Å². The lowest BCUT2D eigenvalue weighted by molar-refractivity contribution is 0.340. The Kier molecular flexibility index (Phi) is 6.56. The number of rotatable bonds is 8. The number of ether oxygens (including phenoxy) is 1. The van der Waals surface area contributed by atoms with Crippen LogP contribution in [0.25, 0.3) is 0 Å². The predicted molar refractivity (Wildman–Crippen MR) is 113 cm³/mol. The monoisotopic (exact) mass is 432 g/mol. The quantitative estimate of drug-likeness (QED) is 0.435. The molecule has 3 aromatic rings. The van der Waals surface area contributed by atoms with Crippen LogP contribution < -0.4 is 9.57 Å². The minimum Gasteiger partial charge on any atom is -0.494 e. The van der Waals surface area contributed by atoms with Crippen LogP contribution in [0, 0.1) is 6.92 Å². The molecule has 1 N–H and O–H groups in total. The highest BCUT2D eigenvalue weighted by Crippen LogP contribution is 2.19. The first-order valence-corrected chi connectivity index (χ1v) is 10.8. The molecule has 0 aliphatic carbocycles. The average Bonchev–Trinajstić information content (AvgIpc) is 2.97. The molecule has 0 saturated carbocycles. The van der Waals surface area contributed by atoms with E-state index in [1.807, 2.05) is 37.3 Å². The van der Waals surface area contributed by atoms with E-state index in [2.05, 4.69) is 15.0 Å². The van der Waals surface area contributed by atoms with Crippen LogP contribution in [0.5, 0.6) is 5.75 Å². The Morgan fingerprint density at radius 3 is 2.52 bits per heavy atom. The molecule has 1 heterocycles. The van der Waals surface area contributed by atoms with Crippen molar-refractivity contribution in [2.75, 3.05) is 6.61 Å². The second-order valence-electron chi connectivity index (χ2n) is 6.19. The second-order valence-corrected chi connectivity index (χ2v) is 8.21. The van der Waals surface area contributed by atoms with Crippen LogP contribution in [-0.4, -0.2) is 31.0 Å². The number of nitrogens with zero attached hydrogens (tertiary/aromatic N) is 3. The standard InChI is InChI=1S/C20H21ClN4O3S/c1-3-28-17-9-11-18(12-10-17)29(26,27)24-22-13-19-15(2)23-25(20(19)21)14-16-7-5-4-6-8-16/h4-13,24H,3,14H2,1-2H3. The lowest BCUT2D eigenvalue weighted by Crippen LogP contribution is -2.18. The van der Waals surface area contributed by atoms with Gasteiger partial charge in [-0.1, -0.05) is 41.9 Å². The van der Waals surface area contributed by atoms with E-state index < -0.39 is 10.0 Å². The molecule has 29 heavy (non-hydrogen) atoms. The maximum absolute atomic E-state index is 12.4. The van der Waals surface area contributed by atoms with Gasteiger partial charge in [-0.15, -0.1) is 0 Å². The maximum Gasteiger partial charge on any atom is 0.276 e. The molecule has 0 radical (unpaired) electrons. The molecule has 0 aliphatic heterocycles. The normalized spacial score (nSPS) is 11.7. The molecule has 2 aromatic carbocycles. The van der Waals surface area contributed by atoms with Crippen molar-refractivity contribution in [1.82, 2.24) is 14.6 Å². The van der Waals surface area contributed by atoms with Gasteiger partial charge in [0.2, 0.25) is 0 Å². The Bertz CT molecular complexity index is 1090. The Labute approximate surface area is 175 Å². The molecule has 7 nitrogen and oxygen atoms in total. The molecule has 0 amide bonds. The molecule has 0 spiro atoms. The third-order valence-corrected chi connectivity index (χ3v) is 5.73. The van der Waals surface area contributed by atoms with Crippen molar-refractivity contribution < 1.29 is 13.2 Å². The van der Waals surface area contributed by atoms with Crippen LogP contribution >= 0.6 is 11.6 Å². The van der Waals surface area contributed by atoms with Gasteiger partial charge in [0.25, 0.3) is 10.0 Å². The first kappa shape index (κ1) is 20.9. The number of sulfonamides is 1. The van der Waals surface area contributed by atoms with Crippen LogP contribution in [-0.2, 0) is 16.6 Å². The van der Waals surface area contributed by atoms with Crippen LogP contribution in [0.15, 0.2) is 64.6 Å². The number of aryl methyl sites for hydroxylation is 1. The van der Waals surface area contributed by atoms with E-state index in [9.17, 15) is 8.42 Å². The number of benzene rings is 2. The van der Waals surface area contributed by atoms with Gasteiger partial charge in [0.05, 0.1) is 35.5 Å². The van der Waals surface area contributed by atoms with E-state index in [4.69, 9.17) is 16.3 Å². The predicted octanol–water partition coefficient (Wildman–Crippen LogP) is 3.60. The van der Waals surface area contributed by atoms with Gasteiger partial charge in [0.1, 0.15) is 10.9 Å². The van der Waals surface area contributed by atoms with Crippen molar-refractivity contribution in [1.29, 1.82) is 0 Å². The topological polar surface area (TPSA) is 85.6 Å². The van der Waals surface area contributed by atoms with Crippen LogP contribution in [0.1, 0.15) is 23.7 Å². The highest BCUT2D eigenvalue weighted by Gasteiger charge is 2.15. The molecule has 0 bridgehead atoms. The summed E-state index contributed by atoms with van der Waals surface area (Å²) in [4.78, 5) is 2.28. The minimum atomic E-state index is -3.80. The van der Waals surface area contributed by atoms with Gasteiger partial charge in [0, 0.05) is 0 Å². The molecule has 0 unspecified atom stereocenters. The number of nitrogens with one attached hydrogen (secondary N) is 1. The van der Waals surface area contributed by atoms with E-state index in [1.54, 1.807) is 23.7 Å². The van der Waals surface area contributed by atoms with Crippen molar-refractivity contribution in [2.45, 2.75) is 25.3 Å². The molecule has 9 heteroatoms. The lowest BCUT2D eigenvalue weighted by Gasteiger charge is -2.06. The van der Waals surface area contributed by atoms with Crippen LogP contribution in [0.4, 0.5) is 0 Å². The summed E-state index contributed by atoms with van der Waals surface area (Å²) >= 11 is 6.41. The summed E-state index contributed by atoms with van der Waals surface area (Å²) in [5.74, 6) is 0.600. The summed E-state index contributed by atoms with van der Waals surface area (Å²) in [6, 6.07) is 15.9. The van der Waals surface area contributed by atoms with Crippen LogP contribution in [0.3, 0.4) is 0 Å². The zero-order chi connectivity index (χ0) is 20.9. The molecule has 0 atom stereocenters. The van der Waals surface area contributed by atoms with Crippen molar-refractivity contribution >= 4 is 27.8 Å². The fourth-order valence-electron chi connectivity index (χ4n) is 2.67. The van der Waals surface area contributed by atoms with E-state index in [0.29, 0.717) is 35.3 Å². The zero-order valence-corrected chi connectivity index (χ0v) is 17.6. The van der Waals surface area contributed by atoms with Gasteiger partial charge >= 0.3 is 0 Å². The third-order valence-electron chi connectivity index (χ3n) is 4.10. The summed E-state index contributed by atoms with van der Waals surface area (Å²) in [6.45, 7) is 4.66. The summed E-state index contributed by atoms with van der Waals surface area (Å²) in [7, 11) is -3.80. The highest BCUT2D eigenvalue weighted by molar-refractivity contribution is 7.89. The van der Waals surface area contributed by atoms with Gasteiger partial charge in [-0.05, 0) is 43.7 Å². The van der Waals surface area contributed by atoms with Gasteiger partial charge < -0.3 is 4.74 Å². The van der Waals surface area contributed by atoms with Gasteiger partial charge in [-0.2, -0.15) is 18.6 Å². The Hall–Kier alpha value is -2.84. The summed E-state index contributed by atoms with van der Waals surface area (Å²) in [5, 5.41) is 8.65. The number of halogens is 1. The van der Waals surface area contributed by atoms with Crippen LogP contribution in [0.2, 0.25) is 5.15 Å². The molecular weight excluding hydrogens is 412 g/mol.